The molecular weight excluding hydrogens is 468 g/mol. The van der Waals surface area contributed by atoms with Gasteiger partial charge < -0.3 is 28.4 Å². The predicted molar refractivity (Wildman–Crippen MR) is 112 cm³/mol. The topological polar surface area (TPSA) is 167 Å². The number of carbonyl (C=O) groups excluding carboxylic acids is 4. The first-order valence-electron chi connectivity index (χ1n) is 10.5. The Kier molecular flexibility index (Phi) is 8.30. The van der Waals surface area contributed by atoms with Gasteiger partial charge in [-0.15, -0.1) is 0 Å². The highest BCUT2D eigenvalue weighted by atomic mass is 16.7. The minimum atomic E-state index is -1.45. The number of benzene rings is 1. The van der Waals surface area contributed by atoms with E-state index in [1.54, 1.807) is 30.3 Å². The van der Waals surface area contributed by atoms with Crippen LogP contribution in [0, 0.1) is 0 Å². The zero-order chi connectivity index (χ0) is 25.5. The quantitative estimate of drug-likeness (QED) is 0.360. The molecule has 5 atom stereocenters. The Hall–Kier alpha value is -4.07. The maximum atomic E-state index is 11.9. The van der Waals surface area contributed by atoms with E-state index in [0.717, 1.165) is 20.8 Å². The van der Waals surface area contributed by atoms with E-state index in [1.165, 1.54) is 11.6 Å². The van der Waals surface area contributed by atoms with Crippen molar-refractivity contribution in [3.8, 4) is 11.7 Å². The van der Waals surface area contributed by atoms with Crippen LogP contribution >= 0.6 is 0 Å². The summed E-state index contributed by atoms with van der Waals surface area (Å²) in [6.07, 6.45) is -6.70. The van der Waals surface area contributed by atoms with Gasteiger partial charge in [-0.2, -0.15) is 4.68 Å². The molecular formula is C21H24N4O10. The maximum Gasteiger partial charge on any atom is 0.342 e. The van der Waals surface area contributed by atoms with E-state index in [0.29, 0.717) is 5.69 Å². The average molecular weight is 492 g/mol. The van der Waals surface area contributed by atoms with Crippen molar-refractivity contribution >= 4 is 23.9 Å². The Labute approximate surface area is 199 Å². The second-order valence-electron chi connectivity index (χ2n) is 7.39. The Morgan fingerprint density at radius 2 is 1.46 bits per heavy atom. The molecule has 1 aromatic heterocycles. The number of para-hydroxylation sites is 1. The van der Waals surface area contributed by atoms with Gasteiger partial charge in [0, 0.05) is 27.7 Å². The van der Waals surface area contributed by atoms with Gasteiger partial charge in [0.2, 0.25) is 12.4 Å². The van der Waals surface area contributed by atoms with Crippen molar-refractivity contribution in [2.45, 2.75) is 58.4 Å². The molecule has 14 heteroatoms. The zero-order valence-corrected chi connectivity index (χ0v) is 19.4. The van der Waals surface area contributed by atoms with Crippen LogP contribution in [0.2, 0.25) is 0 Å². The zero-order valence-electron chi connectivity index (χ0n) is 19.4. The van der Waals surface area contributed by atoms with Crippen LogP contribution in [0.3, 0.4) is 0 Å². The van der Waals surface area contributed by atoms with Gasteiger partial charge >= 0.3 is 29.9 Å². The summed E-state index contributed by atoms with van der Waals surface area (Å²) in [6, 6.07) is 8.61. The summed E-state index contributed by atoms with van der Waals surface area (Å²) < 4.78 is 34.1. The number of rotatable bonds is 8. The van der Waals surface area contributed by atoms with Gasteiger partial charge in [0.25, 0.3) is 0 Å². The number of tetrazole rings is 1. The number of nitrogens with zero attached hydrogens (tertiary/aromatic N) is 4. The van der Waals surface area contributed by atoms with Crippen LogP contribution in [-0.2, 0) is 42.9 Å². The molecule has 1 aliphatic rings. The predicted octanol–water partition coefficient (Wildman–Crippen LogP) is 0.124. The Balaban J connectivity index is 2.00. The highest BCUT2D eigenvalue weighted by Crippen LogP contribution is 2.30. The third kappa shape index (κ3) is 6.72. The number of hydrogen-bond acceptors (Lipinski definition) is 13. The van der Waals surface area contributed by atoms with Crippen LogP contribution < -0.4 is 4.74 Å². The standard InChI is InChI=1S/C21H24N4O10/c1-11(26)30-10-16-17(31-12(2)27)18(32-13(3)28)19(33-14(4)29)20(34-16)35-21-22-23-24-25(21)15-8-6-5-7-9-15/h5-9,16-20H,10H2,1-4H3/t16-,17-,18+,19-,20+/m1/s1. The minimum absolute atomic E-state index is 0.142. The summed E-state index contributed by atoms with van der Waals surface area (Å²) in [6.45, 7) is 4.17. The molecule has 0 aliphatic carbocycles. The first kappa shape index (κ1) is 25.6. The van der Waals surface area contributed by atoms with E-state index in [9.17, 15) is 19.2 Å². The van der Waals surface area contributed by atoms with Gasteiger partial charge in [-0.25, -0.2) is 0 Å². The summed E-state index contributed by atoms with van der Waals surface area (Å²) >= 11 is 0. The number of esters is 4. The molecule has 1 saturated heterocycles. The number of aromatic nitrogens is 4. The summed E-state index contributed by atoms with van der Waals surface area (Å²) in [5.74, 6) is -2.89. The van der Waals surface area contributed by atoms with Gasteiger partial charge in [-0.3, -0.25) is 19.2 Å². The average Bonchev–Trinajstić information content (AvgIpc) is 3.24. The molecule has 2 heterocycles. The van der Waals surface area contributed by atoms with Crippen LogP contribution in [0.1, 0.15) is 27.7 Å². The minimum Gasteiger partial charge on any atom is -0.463 e. The fourth-order valence-electron chi connectivity index (χ4n) is 3.37. The molecule has 0 amide bonds. The van der Waals surface area contributed by atoms with Gasteiger partial charge in [0.05, 0.1) is 5.69 Å². The van der Waals surface area contributed by atoms with E-state index in [-0.39, 0.29) is 12.6 Å². The van der Waals surface area contributed by atoms with Gasteiger partial charge in [-0.05, 0) is 22.6 Å². The van der Waals surface area contributed by atoms with E-state index in [1.807, 2.05) is 0 Å². The fourth-order valence-corrected chi connectivity index (χ4v) is 3.37. The third-order valence-electron chi connectivity index (χ3n) is 4.61. The Morgan fingerprint density at radius 3 is 2.06 bits per heavy atom. The molecule has 2 aromatic rings. The van der Waals surface area contributed by atoms with Crippen LogP contribution in [0.4, 0.5) is 0 Å². The highest BCUT2D eigenvalue weighted by Gasteiger charge is 2.53. The normalized spacial score (nSPS) is 23.6. The smallest absolute Gasteiger partial charge is 0.342 e. The number of hydrogen-bond donors (Lipinski definition) is 0. The lowest BCUT2D eigenvalue weighted by atomic mass is 9.98. The molecule has 0 N–H and O–H groups in total. The number of carbonyl (C=O) groups is 4. The molecule has 0 saturated carbocycles. The SMILES string of the molecule is CC(=O)OC[C@H]1O[C@@H](Oc2nnnn2-c2ccccc2)[C@H](OC(C)=O)[C@@H](OC(C)=O)[C@@H]1OC(C)=O. The van der Waals surface area contributed by atoms with Crippen molar-refractivity contribution in [2.75, 3.05) is 6.61 Å². The van der Waals surface area contributed by atoms with Crippen LogP contribution in [0.25, 0.3) is 5.69 Å². The Morgan fingerprint density at radius 1 is 0.857 bits per heavy atom. The van der Waals surface area contributed by atoms with Crippen LogP contribution in [-0.4, -0.2) is 81.4 Å². The molecule has 14 nitrogen and oxygen atoms in total. The molecule has 3 rings (SSSR count). The van der Waals surface area contributed by atoms with Gasteiger partial charge in [0.15, 0.2) is 12.2 Å². The molecule has 1 aliphatic heterocycles. The molecule has 0 spiro atoms. The molecule has 0 unspecified atom stereocenters. The lowest BCUT2D eigenvalue weighted by Gasteiger charge is -2.43. The second-order valence-corrected chi connectivity index (χ2v) is 7.39. The van der Waals surface area contributed by atoms with Crippen LogP contribution in [0.15, 0.2) is 30.3 Å². The van der Waals surface area contributed by atoms with Gasteiger partial charge in [0.1, 0.15) is 12.7 Å². The lowest BCUT2D eigenvalue weighted by molar-refractivity contribution is -0.289. The summed E-state index contributed by atoms with van der Waals surface area (Å²) in [5.41, 5.74) is 0.554. The maximum absolute atomic E-state index is 11.9. The van der Waals surface area contributed by atoms with E-state index in [4.69, 9.17) is 28.4 Å². The van der Waals surface area contributed by atoms with Crippen molar-refractivity contribution in [2.24, 2.45) is 0 Å². The van der Waals surface area contributed by atoms with Crippen molar-refractivity contribution in [3.05, 3.63) is 30.3 Å². The van der Waals surface area contributed by atoms with Crippen molar-refractivity contribution in [3.63, 3.8) is 0 Å². The molecule has 0 bridgehead atoms. The summed E-state index contributed by atoms with van der Waals surface area (Å²) in [7, 11) is 0. The van der Waals surface area contributed by atoms with E-state index >= 15 is 0 Å². The van der Waals surface area contributed by atoms with Crippen molar-refractivity contribution in [1.29, 1.82) is 0 Å². The van der Waals surface area contributed by atoms with Crippen molar-refractivity contribution < 1.29 is 47.6 Å². The van der Waals surface area contributed by atoms with Crippen LogP contribution in [0.5, 0.6) is 6.01 Å². The fraction of sp³-hybridized carbons (Fsp3) is 0.476. The molecule has 1 fully saturated rings. The molecule has 0 radical (unpaired) electrons. The summed E-state index contributed by atoms with van der Waals surface area (Å²) in [4.78, 5) is 47.0. The largest absolute Gasteiger partial charge is 0.463 e. The number of ether oxygens (including phenoxy) is 6. The Bertz CT molecular complexity index is 1060. The lowest BCUT2D eigenvalue weighted by Crippen LogP contribution is -2.63. The van der Waals surface area contributed by atoms with E-state index in [2.05, 4.69) is 15.5 Å². The third-order valence-corrected chi connectivity index (χ3v) is 4.61. The summed E-state index contributed by atoms with van der Waals surface area (Å²) in [5, 5.41) is 11.3. The van der Waals surface area contributed by atoms with Crippen molar-refractivity contribution in [1.82, 2.24) is 20.2 Å². The van der Waals surface area contributed by atoms with Gasteiger partial charge in [-0.1, -0.05) is 23.3 Å². The molecule has 188 valence electrons. The van der Waals surface area contributed by atoms with E-state index < -0.39 is 54.6 Å². The first-order chi connectivity index (χ1) is 16.7. The second kappa shape index (κ2) is 11.4. The first-order valence-corrected chi connectivity index (χ1v) is 10.5. The monoisotopic (exact) mass is 492 g/mol. The molecule has 1 aromatic carbocycles. The highest BCUT2D eigenvalue weighted by molar-refractivity contribution is 5.68. The molecule has 35 heavy (non-hydrogen) atoms.